The molecule has 0 spiro atoms. The molecule has 4 aromatic rings. The topological polar surface area (TPSA) is 112 Å². The first-order chi connectivity index (χ1) is 16.4. The van der Waals surface area contributed by atoms with Gasteiger partial charge in [0.25, 0.3) is 12.0 Å². The van der Waals surface area contributed by atoms with E-state index in [-0.39, 0.29) is 11.4 Å². The number of hydrogen-bond acceptors (Lipinski definition) is 6. The maximum absolute atomic E-state index is 13.0. The molecular weight excluding hydrogens is 458 g/mol. The molecule has 2 atom stereocenters. The molecule has 2 heterocycles. The highest BCUT2D eigenvalue weighted by molar-refractivity contribution is 7.79. The summed E-state index contributed by atoms with van der Waals surface area (Å²) in [4.78, 5) is 23.9. The Labute approximate surface area is 197 Å². The van der Waals surface area contributed by atoms with Gasteiger partial charge in [0.1, 0.15) is 22.9 Å². The molecule has 0 bridgehead atoms. The third-order valence-electron chi connectivity index (χ3n) is 5.34. The van der Waals surface area contributed by atoms with E-state index < -0.39 is 17.3 Å². The Bertz CT molecular complexity index is 1410. The van der Waals surface area contributed by atoms with Crippen LogP contribution in [0.2, 0.25) is 0 Å². The van der Waals surface area contributed by atoms with E-state index in [0.717, 1.165) is 0 Å². The fraction of sp³-hybridized carbons (Fsp3) is 0.167. The monoisotopic (exact) mass is 481 g/mol. The Morgan fingerprint density at radius 2 is 1.91 bits per heavy atom. The van der Waals surface area contributed by atoms with Crippen molar-refractivity contribution >= 4 is 34.1 Å². The first-order valence-corrected chi connectivity index (χ1v) is 11.6. The van der Waals surface area contributed by atoms with Gasteiger partial charge in [0.05, 0.1) is 0 Å². The second-order valence-electron chi connectivity index (χ2n) is 7.54. The number of ether oxygens (including phenoxy) is 2. The molecule has 2 N–H and O–H groups in total. The Balaban J connectivity index is 1.92. The van der Waals surface area contributed by atoms with Gasteiger partial charge in [-0.2, -0.15) is 0 Å². The van der Waals surface area contributed by atoms with Crippen LogP contribution >= 0.6 is 0 Å². The molecule has 9 nitrogen and oxygen atoms in total. The van der Waals surface area contributed by atoms with E-state index in [1.165, 1.54) is 4.57 Å². The molecule has 2 aromatic heterocycles. The molecule has 0 aliphatic carbocycles. The normalized spacial score (nSPS) is 12.8. The van der Waals surface area contributed by atoms with E-state index in [2.05, 4.69) is 5.32 Å². The lowest BCUT2D eigenvalue weighted by atomic mass is 10.0. The van der Waals surface area contributed by atoms with Crippen molar-refractivity contribution in [2.75, 3.05) is 11.2 Å². The molecule has 0 radical (unpaired) electrons. The lowest BCUT2D eigenvalue weighted by molar-refractivity contribution is -0.136. The molecule has 0 saturated carbocycles. The van der Waals surface area contributed by atoms with Gasteiger partial charge in [-0.15, -0.1) is 0 Å². The van der Waals surface area contributed by atoms with Gasteiger partial charge in [0.15, 0.2) is 17.3 Å². The maximum atomic E-state index is 13.0. The van der Waals surface area contributed by atoms with Gasteiger partial charge in [-0.25, -0.2) is 4.21 Å². The van der Waals surface area contributed by atoms with E-state index in [0.29, 0.717) is 45.7 Å². The molecule has 176 valence electrons. The number of carbonyl (C=O) groups is 1. The van der Waals surface area contributed by atoms with Crippen LogP contribution in [0.5, 0.6) is 11.5 Å². The summed E-state index contributed by atoms with van der Waals surface area (Å²) in [6, 6.07) is 16.4. The zero-order valence-electron chi connectivity index (χ0n) is 18.5. The first-order valence-electron chi connectivity index (χ1n) is 10.4. The summed E-state index contributed by atoms with van der Waals surface area (Å²) in [5.74, 6) is 1.03. The zero-order valence-corrected chi connectivity index (χ0v) is 19.3. The van der Waals surface area contributed by atoms with Gasteiger partial charge in [0, 0.05) is 41.6 Å². The second-order valence-corrected chi connectivity index (χ2v) is 8.48. The lowest BCUT2D eigenvalue weighted by Crippen LogP contribution is -2.21. The average Bonchev–Trinajstić information content (AvgIpc) is 3.27. The van der Waals surface area contributed by atoms with E-state index in [1.807, 2.05) is 30.3 Å². The number of fused-ring (bicyclic) bond motifs is 1. The number of para-hydroxylation sites is 1. The van der Waals surface area contributed by atoms with Crippen LogP contribution in [0.4, 0.5) is 5.69 Å². The van der Waals surface area contributed by atoms with Gasteiger partial charge < -0.3 is 28.5 Å². The molecule has 0 fully saturated rings. The molecule has 2 aromatic carbocycles. The van der Waals surface area contributed by atoms with Crippen LogP contribution in [-0.4, -0.2) is 30.2 Å². The van der Waals surface area contributed by atoms with Gasteiger partial charge in [-0.3, -0.25) is 9.59 Å². The van der Waals surface area contributed by atoms with Crippen LogP contribution in [0.25, 0.3) is 22.0 Å². The summed E-state index contributed by atoms with van der Waals surface area (Å²) in [5, 5.41) is 3.57. The summed E-state index contributed by atoms with van der Waals surface area (Å²) in [5.41, 5.74) is 2.10. The Hall–Kier alpha value is -3.89. The van der Waals surface area contributed by atoms with Crippen LogP contribution in [-0.2, 0) is 27.7 Å². The number of hydrogen-bond donors (Lipinski definition) is 2. The van der Waals surface area contributed by atoms with Gasteiger partial charge >= 0.3 is 0 Å². The third kappa shape index (κ3) is 4.73. The van der Waals surface area contributed by atoms with E-state index in [4.69, 9.17) is 14.0 Å². The lowest BCUT2D eigenvalue weighted by Gasteiger charge is -2.17. The van der Waals surface area contributed by atoms with Crippen molar-refractivity contribution in [2.24, 2.45) is 7.05 Å². The number of nitrogens with zero attached hydrogens (tertiary/aromatic N) is 2. The minimum absolute atomic E-state index is 0.141. The van der Waals surface area contributed by atoms with Crippen molar-refractivity contribution in [3.05, 3.63) is 77.3 Å². The smallest absolute Gasteiger partial charge is 0.295 e. The van der Waals surface area contributed by atoms with Crippen molar-refractivity contribution in [1.82, 2.24) is 9.13 Å². The number of aryl methyl sites for hydroxylation is 1. The predicted octanol–water partition coefficient (Wildman–Crippen LogP) is 4.08. The molecule has 2 unspecified atom stereocenters. The van der Waals surface area contributed by atoms with E-state index in [1.54, 1.807) is 55.2 Å². The summed E-state index contributed by atoms with van der Waals surface area (Å²) in [6.07, 6.45) is 2.73. The van der Waals surface area contributed by atoms with Crippen molar-refractivity contribution < 1.29 is 23.0 Å². The standard InChI is InChI=1S/C24H23N3O6S/c1-16(32-15-28)27-11-10-19-21(13-26(2)24(29)23(19)27)20-12-17(25-14-34(30)31)8-9-22(20)33-18-6-4-3-5-7-18/h3-13,15-16,25H,14H2,1-2H3,(H,30,31). The van der Waals surface area contributed by atoms with Crippen molar-refractivity contribution in [2.45, 2.75) is 13.2 Å². The van der Waals surface area contributed by atoms with Crippen molar-refractivity contribution in [3.63, 3.8) is 0 Å². The summed E-state index contributed by atoms with van der Waals surface area (Å²) in [7, 11) is 1.64. The van der Waals surface area contributed by atoms with Gasteiger partial charge in [0.2, 0.25) is 0 Å². The zero-order chi connectivity index (χ0) is 24.2. The SMILES string of the molecule is CC(OC=O)n1ccc2c(-c3cc(NCS(=O)O)ccc3Oc3ccccc3)cn(C)c(=O)c21. The number of rotatable bonds is 9. The number of anilines is 1. The van der Waals surface area contributed by atoms with E-state index >= 15 is 0 Å². The molecule has 0 aliphatic rings. The largest absolute Gasteiger partial charge is 0.457 e. The van der Waals surface area contributed by atoms with Crippen LogP contribution in [0.1, 0.15) is 13.2 Å². The van der Waals surface area contributed by atoms with E-state index in [9.17, 15) is 13.8 Å². The highest BCUT2D eigenvalue weighted by Crippen LogP contribution is 2.39. The number of aromatic nitrogens is 2. The summed E-state index contributed by atoms with van der Waals surface area (Å²) in [6.45, 7) is 2.01. The Morgan fingerprint density at radius 3 is 2.62 bits per heavy atom. The summed E-state index contributed by atoms with van der Waals surface area (Å²) < 4.78 is 34.6. The molecule has 0 amide bonds. The summed E-state index contributed by atoms with van der Waals surface area (Å²) >= 11 is -2.02. The number of nitrogens with one attached hydrogen (secondary N) is 1. The first kappa shape index (κ1) is 23.3. The van der Waals surface area contributed by atoms with Crippen LogP contribution in [0.3, 0.4) is 0 Å². The number of carbonyl (C=O) groups excluding carboxylic acids is 1. The minimum atomic E-state index is -2.02. The molecule has 0 saturated heterocycles. The average molecular weight is 482 g/mol. The number of pyridine rings is 1. The van der Waals surface area contributed by atoms with Crippen LogP contribution in [0.15, 0.2) is 71.8 Å². The third-order valence-corrected chi connectivity index (χ3v) is 5.73. The van der Waals surface area contributed by atoms with Crippen molar-refractivity contribution in [1.29, 1.82) is 0 Å². The fourth-order valence-corrected chi connectivity index (χ4v) is 4.03. The molecular formula is C24H23N3O6S. The van der Waals surface area contributed by atoms with Gasteiger partial charge in [-0.1, -0.05) is 18.2 Å². The predicted molar refractivity (Wildman–Crippen MR) is 130 cm³/mol. The highest BCUT2D eigenvalue weighted by Gasteiger charge is 2.19. The Morgan fingerprint density at radius 1 is 1.15 bits per heavy atom. The molecule has 10 heteroatoms. The van der Waals surface area contributed by atoms with Crippen LogP contribution in [0, 0.1) is 0 Å². The van der Waals surface area contributed by atoms with Gasteiger partial charge in [-0.05, 0) is 43.3 Å². The van der Waals surface area contributed by atoms with Crippen molar-refractivity contribution in [3.8, 4) is 22.6 Å². The quantitative estimate of drug-likeness (QED) is 0.274. The molecule has 34 heavy (non-hydrogen) atoms. The maximum Gasteiger partial charge on any atom is 0.295 e. The Kier molecular flexibility index (Phi) is 6.80. The number of benzene rings is 2. The minimum Gasteiger partial charge on any atom is -0.457 e. The second kappa shape index (κ2) is 9.94. The van der Waals surface area contributed by atoms with Crippen LogP contribution < -0.4 is 15.6 Å². The highest BCUT2D eigenvalue weighted by atomic mass is 32.2. The fourth-order valence-electron chi connectivity index (χ4n) is 3.74. The molecule has 0 aliphatic heterocycles. The molecule has 4 rings (SSSR count).